The molecule has 0 bridgehead atoms. The molecule has 2 heterocycles. The number of carbonyl (C=O) groups excluding carboxylic acids is 1. The van der Waals surface area contributed by atoms with E-state index in [4.69, 9.17) is 18.9 Å². The quantitative estimate of drug-likeness (QED) is 0.660. The van der Waals surface area contributed by atoms with Gasteiger partial charge in [0.1, 0.15) is 28.7 Å². The highest BCUT2D eigenvalue weighted by atomic mass is 32.1. The number of amides is 1. The lowest BCUT2D eigenvalue weighted by atomic mass is 10.1. The fourth-order valence-corrected chi connectivity index (χ4v) is 3.80. The van der Waals surface area contributed by atoms with E-state index in [0.717, 1.165) is 54.9 Å². The van der Waals surface area contributed by atoms with Crippen molar-refractivity contribution >= 4 is 17.4 Å². The van der Waals surface area contributed by atoms with E-state index in [-0.39, 0.29) is 0 Å². The number of hydrogen-bond donors (Lipinski definition) is 1. The minimum Gasteiger partial charge on any atom is -0.496 e. The van der Waals surface area contributed by atoms with E-state index >= 15 is 0 Å². The first-order valence-corrected chi connectivity index (χ1v) is 11.2. The van der Waals surface area contributed by atoms with Crippen molar-refractivity contribution in [2.75, 3.05) is 46.6 Å². The van der Waals surface area contributed by atoms with Gasteiger partial charge in [0, 0.05) is 36.6 Å². The number of carbonyl (C=O) groups is 1. The molecule has 9 heteroatoms. The van der Waals surface area contributed by atoms with E-state index in [1.807, 2.05) is 44.4 Å². The molecular formula is C22H31N3O5S. The normalized spacial score (nSPS) is 14.8. The first-order valence-electron chi connectivity index (χ1n) is 10.4. The van der Waals surface area contributed by atoms with Crippen LogP contribution in [0.25, 0.3) is 11.3 Å². The maximum Gasteiger partial charge on any atom is 0.408 e. The van der Waals surface area contributed by atoms with Crippen LogP contribution in [0.4, 0.5) is 4.79 Å². The first kappa shape index (κ1) is 23.3. The van der Waals surface area contributed by atoms with Gasteiger partial charge >= 0.3 is 6.09 Å². The molecule has 170 valence electrons. The Labute approximate surface area is 187 Å². The second-order valence-corrected chi connectivity index (χ2v) is 9.09. The van der Waals surface area contributed by atoms with Gasteiger partial charge in [-0.1, -0.05) is 0 Å². The average Bonchev–Trinajstić information content (AvgIpc) is 3.20. The summed E-state index contributed by atoms with van der Waals surface area (Å²) in [5, 5.41) is 5.47. The molecular weight excluding hydrogens is 418 g/mol. The van der Waals surface area contributed by atoms with E-state index in [9.17, 15) is 4.79 Å². The summed E-state index contributed by atoms with van der Waals surface area (Å²) in [6.07, 6.45) is -0.458. The van der Waals surface area contributed by atoms with Gasteiger partial charge in [-0.2, -0.15) is 0 Å². The van der Waals surface area contributed by atoms with Gasteiger partial charge in [-0.15, -0.1) is 11.3 Å². The van der Waals surface area contributed by atoms with Crippen molar-refractivity contribution < 1.29 is 23.7 Å². The summed E-state index contributed by atoms with van der Waals surface area (Å²) < 4.78 is 22.1. The van der Waals surface area contributed by atoms with Crippen LogP contribution in [0.2, 0.25) is 0 Å². The molecule has 0 atom stereocenters. The van der Waals surface area contributed by atoms with E-state index in [2.05, 4.69) is 15.2 Å². The van der Waals surface area contributed by atoms with Gasteiger partial charge in [0.2, 0.25) is 0 Å². The molecule has 1 aliphatic heterocycles. The summed E-state index contributed by atoms with van der Waals surface area (Å²) in [5.41, 5.74) is 1.14. The van der Waals surface area contributed by atoms with Crippen molar-refractivity contribution in [3.8, 4) is 22.8 Å². The standard InChI is InChI=1S/C22H31N3O5S/c1-22(2,3)30-21(26)23-14-20-24-18(15-31-20)17-6-5-16(13-19(17)27-4)29-12-9-25-7-10-28-11-8-25/h5-6,13,15H,7-12,14H2,1-4H3,(H,23,26). The molecule has 1 aromatic carbocycles. The number of morpholine rings is 1. The zero-order valence-electron chi connectivity index (χ0n) is 18.6. The van der Waals surface area contributed by atoms with E-state index in [1.54, 1.807) is 7.11 Å². The van der Waals surface area contributed by atoms with Gasteiger partial charge in [0.25, 0.3) is 0 Å². The zero-order valence-corrected chi connectivity index (χ0v) is 19.4. The van der Waals surface area contributed by atoms with Gasteiger partial charge in [0.15, 0.2) is 0 Å². The average molecular weight is 450 g/mol. The molecule has 31 heavy (non-hydrogen) atoms. The largest absolute Gasteiger partial charge is 0.496 e. The summed E-state index contributed by atoms with van der Waals surface area (Å²) in [6, 6.07) is 5.75. The molecule has 0 saturated carbocycles. The Morgan fingerprint density at radius 3 is 2.77 bits per heavy atom. The van der Waals surface area contributed by atoms with Crippen molar-refractivity contribution in [2.45, 2.75) is 32.9 Å². The third kappa shape index (κ3) is 7.37. The number of ether oxygens (including phenoxy) is 4. The van der Waals surface area contributed by atoms with Crippen LogP contribution in [0.15, 0.2) is 23.6 Å². The SMILES string of the molecule is COc1cc(OCCN2CCOCC2)ccc1-c1csc(CNC(=O)OC(C)(C)C)n1. The van der Waals surface area contributed by atoms with Crippen LogP contribution in [0.1, 0.15) is 25.8 Å². The number of nitrogens with one attached hydrogen (secondary N) is 1. The van der Waals surface area contributed by atoms with E-state index in [1.165, 1.54) is 11.3 Å². The van der Waals surface area contributed by atoms with Crippen LogP contribution in [0, 0.1) is 0 Å². The topological polar surface area (TPSA) is 82.2 Å². The van der Waals surface area contributed by atoms with Crippen LogP contribution in [0.3, 0.4) is 0 Å². The summed E-state index contributed by atoms with van der Waals surface area (Å²) >= 11 is 1.47. The number of nitrogens with zero attached hydrogens (tertiary/aromatic N) is 2. The highest BCUT2D eigenvalue weighted by molar-refractivity contribution is 7.09. The lowest BCUT2D eigenvalue weighted by Crippen LogP contribution is -2.38. The molecule has 1 aromatic heterocycles. The molecule has 2 aromatic rings. The second kappa shape index (κ2) is 10.8. The molecule has 0 radical (unpaired) electrons. The summed E-state index contributed by atoms with van der Waals surface area (Å²) in [4.78, 5) is 18.8. The number of alkyl carbamates (subject to hydrolysis) is 1. The van der Waals surface area contributed by atoms with Crippen molar-refractivity contribution in [3.05, 3.63) is 28.6 Å². The number of thiazole rings is 1. The minimum absolute atomic E-state index is 0.310. The highest BCUT2D eigenvalue weighted by Gasteiger charge is 2.17. The molecule has 1 amide bonds. The highest BCUT2D eigenvalue weighted by Crippen LogP contribution is 2.34. The van der Waals surface area contributed by atoms with E-state index < -0.39 is 11.7 Å². The maximum atomic E-state index is 11.8. The smallest absolute Gasteiger partial charge is 0.408 e. The van der Waals surface area contributed by atoms with Crippen LogP contribution < -0.4 is 14.8 Å². The molecule has 0 spiro atoms. The van der Waals surface area contributed by atoms with Crippen molar-refractivity contribution in [1.82, 2.24) is 15.2 Å². The van der Waals surface area contributed by atoms with Crippen LogP contribution >= 0.6 is 11.3 Å². The lowest BCUT2D eigenvalue weighted by Gasteiger charge is -2.26. The number of benzene rings is 1. The van der Waals surface area contributed by atoms with Crippen LogP contribution in [-0.4, -0.2) is 68.1 Å². The molecule has 1 saturated heterocycles. The summed E-state index contributed by atoms with van der Waals surface area (Å²) in [7, 11) is 1.63. The fourth-order valence-electron chi connectivity index (χ4n) is 3.07. The monoisotopic (exact) mass is 449 g/mol. The lowest BCUT2D eigenvalue weighted by molar-refractivity contribution is 0.0322. The third-order valence-corrected chi connectivity index (χ3v) is 5.41. The first-order chi connectivity index (χ1) is 14.8. The number of rotatable bonds is 8. The van der Waals surface area contributed by atoms with Gasteiger partial charge in [-0.3, -0.25) is 4.90 Å². The third-order valence-electron chi connectivity index (χ3n) is 4.56. The van der Waals surface area contributed by atoms with Gasteiger partial charge in [0.05, 0.1) is 32.6 Å². The van der Waals surface area contributed by atoms with Gasteiger partial charge < -0.3 is 24.3 Å². The Balaban J connectivity index is 1.56. The van der Waals surface area contributed by atoms with Gasteiger partial charge in [-0.05, 0) is 32.9 Å². The summed E-state index contributed by atoms with van der Waals surface area (Å²) in [6.45, 7) is 10.7. The molecule has 1 fully saturated rings. The van der Waals surface area contributed by atoms with Crippen LogP contribution in [-0.2, 0) is 16.0 Å². The number of hydrogen-bond acceptors (Lipinski definition) is 8. The molecule has 1 aliphatic rings. The zero-order chi connectivity index (χ0) is 22.3. The fraction of sp³-hybridized carbons (Fsp3) is 0.545. The maximum absolute atomic E-state index is 11.8. The van der Waals surface area contributed by atoms with Crippen molar-refractivity contribution in [1.29, 1.82) is 0 Å². The Morgan fingerprint density at radius 2 is 2.06 bits per heavy atom. The second-order valence-electron chi connectivity index (χ2n) is 8.15. The molecule has 0 unspecified atom stereocenters. The predicted octanol–water partition coefficient (Wildman–Crippen LogP) is 3.55. The summed E-state index contributed by atoms with van der Waals surface area (Å²) in [5.74, 6) is 1.46. The predicted molar refractivity (Wildman–Crippen MR) is 120 cm³/mol. The molecule has 0 aliphatic carbocycles. The Morgan fingerprint density at radius 1 is 1.29 bits per heavy atom. The van der Waals surface area contributed by atoms with Crippen molar-refractivity contribution in [3.63, 3.8) is 0 Å². The van der Waals surface area contributed by atoms with Gasteiger partial charge in [-0.25, -0.2) is 9.78 Å². The number of aromatic nitrogens is 1. The molecule has 8 nitrogen and oxygen atoms in total. The Kier molecular flexibility index (Phi) is 8.11. The van der Waals surface area contributed by atoms with E-state index in [0.29, 0.717) is 18.9 Å². The molecule has 3 rings (SSSR count). The van der Waals surface area contributed by atoms with Crippen molar-refractivity contribution in [2.24, 2.45) is 0 Å². The number of methoxy groups -OCH3 is 1. The van der Waals surface area contributed by atoms with Crippen LogP contribution in [0.5, 0.6) is 11.5 Å². The molecule has 1 N–H and O–H groups in total. The Bertz CT molecular complexity index is 859. The minimum atomic E-state index is -0.530. The Hall–Kier alpha value is -2.36.